The van der Waals surface area contributed by atoms with Crippen molar-refractivity contribution in [3.8, 4) is 5.69 Å². The Balaban J connectivity index is 2.32. The van der Waals surface area contributed by atoms with Gasteiger partial charge in [0.1, 0.15) is 17.6 Å². The molecule has 11 heteroatoms. The lowest BCUT2D eigenvalue weighted by Crippen LogP contribution is -2.29. The van der Waals surface area contributed by atoms with Crippen LogP contribution < -0.4 is 5.32 Å². The fraction of sp³-hybridized carbons (Fsp3) is 0.333. The topological polar surface area (TPSA) is 76.4 Å². The van der Waals surface area contributed by atoms with Gasteiger partial charge in [0, 0.05) is 6.07 Å². The number of carbonyl (C=O) groups excluding carboxylic acids is 1. The number of nitrogens with zero attached hydrogens (tertiary/aromatic N) is 2. The molecule has 0 aliphatic rings. The zero-order chi connectivity index (χ0) is 19.5. The Bertz CT molecular complexity index is 773. The molecule has 0 bridgehead atoms. The maximum atomic E-state index is 12.8. The number of hydrogen-bond donors (Lipinski definition) is 2. The third kappa shape index (κ3) is 4.67. The highest BCUT2D eigenvalue weighted by Crippen LogP contribution is 2.38. The summed E-state index contributed by atoms with van der Waals surface area (Å²) in [7, 11) is 0. The molecule has 6 nitrogen and oxygen atoms in total. The van der Waals surface area contributed by atoms with Crippen molar-refractivity contribution in [1.29, 1.82) is 0 Å². The van der Waals surface area contributed by atoms with Crippen LogP contribution in [0.2, 0.25) is 10.0 Å². The molecular formula is C15H14Cl2F3N3O3. The quantitative estimate of drug-likeness (QED) is 0.761. The summed E-state index contributed by atoms with van der Waals surface area (Å²) in [6, 6.07) is 2.87. The van der Waals surface area contributed by atoms with E-state index in [-0.39, 0.29) is 34.8 Å². The van der Waals surface area contributed by atoms with Crippen LogP contribution in [0.1, 0.15) is 12.5 Å². The number of benzene rings is 1. The molecule has 0 spiro atoms. The van der Waals surface area contributed by atoms with Gasteiger partial charge in [-0.05, 0) is 19.1 Å². The van der Waals surface area contributed by atoms with Crippen molar-refractivity contribution in [2.45, 2.75) is 19.2 Å². The molecule has 0 saturated heterocycles. The van der Waals surface area contributed by atoms with E-state index >= 15 is 0 Å². The lowest BCUT2D eigenvalue weighted by atomic mass is 10.2. The van der Waals surface area contributed by atoms with Gasteiger partial charge in [0.25, 0.3) is 5.91 Å². The first-order valence-corrected chi connectivity index (χ1v) is 8.04. The number of aliphatic hydroxyl groups is 1. The zero-order valence-electron chi connectivity index (χ0n) is 13.3. The Kier molecular flexibility index (Phi) is 6.51. The summed E-state index contributed by atoms with van der Waals surface area (Å²) >= 11 is 11.9. The van der Waals surface area contributed by atoms with Gasteiger partial charge in [-0.25, -0.2) is 4.68 Å². The third-order valence-electron chi connectivity index (χ3n) is 3.28. The smallest absolute Gasteiger partial charge is 0.394 e. The van der Waals surface area contributed by atoms with Gasteiger partial charge >= 0.3 is 6.18 Å². The van der Waals surface area contributed by atoms with Gasteiger partial charge in [-0.15, -0.1) is 0 Å². The first kappa shape index (κ1) is 20.5. The number of rotatable bonds is 6. The van der Waals surface area contributed by atoms with Crippen LogP contribution in [0.5, 0.6) is 0 Å². The Hall–Kier alpha value is -1.81. The number of aromatic nitrogens is 2. The van der Waals surface area contributed by atoms with E-state index in [0.29, 0.717) is 0 Å². The fourth-order valence-electron chi connectivity index (χ4n) is 2.04. The molecule has 142 valence electrons. The number of carbonyl (C=O) groups is 1. The minimum atomic E-state index is -4.60. The van der Waals surface area contributed by atoms with E-state index in [0.717, 1.165) is 16.8 Å². The molecule has 0 saturated carbocycles. The van der Waals surface area contributed by atoms with Gasteiger partial charge in [-0.2, -0.15) is 18.3 Å². The molecule has 1 unspecified atom stereocenters. The van der Waals surface area contributed by atoms with Crippen molar-refractivity contribution in [2.75, 3.05) is 18.5 Å². The Morgan fingerprint density at radius 2 is 2.00 bits per heavy atom. The van der Waals surface area contributed by atoms with E-state index in [2.05, 4.69) is 10.4 Å². The second kappa shape index (κ2) is 8.26. The lowest BCUT2D eigenvalue weighted by Gasteiger charge is -2.16. The van der Waals surface area contributed by atoms with Crippen LogP contribution in [-0.2, 0) is 15.7 Å². The van der Waals surface area contributed by atoms with Crippen molar-refractivity contribution < 1.29 is 27.8 Å². The molecule has 1 aromatic heterocycles. The normalized spacial score (nSPS) is 12.9. The first-order valence-electron chi connectivity index (χ1n) is 7.29. The molecule has 0 radical (unpaired) electrons. The highest BCUT2D eigenvalue weighted by Gasteiger charge is 2.32. The molecule has 1 heterocycles. The molecule has 0 aliphatic carbocycles. The Morgan fingerprint density at radius 1 is 1.38 bits per heavy atom. The fourth-order valence-corrected chi connectivity index (χ4v) is 2.69. The largest absolute Gasteiger partial charge is 0.416 e. The highest BCUT2D eigenvalue weighted by atomic mass is 35.5. The maximum absolute atomic E-state index is 12.8. The summed E-state index contributed by atoms with van der Waals surface area (Å²) in [5.41, 5.74) is -1.01. The van der Waals surface area contributed by atoms with Crippen LogP contribution in [0.15, 0.2) is 24.4 Å². The summed E-state index contributed by atoms with van der Waals surface area (Å²) in [6.07, 6.45) is -4.16. The minimum absolute atomic E-state index is 0.00874. The average Bonchev–Trinajstić information content (AvgIpc) is 2.98. The molecule has 2 N–H and O–H groups in total. The molecule has 26 heavy (non-hydrogen) atoms. The number of amides is 1. The van der Waals surface area contributed by atoms with Gasteiger partial charge in [0.2, 0.25) is 0 Å². The van der Waals surface area contributed by atoms with Crippen LogP contribution in [0, 0.1) is 0 Å². The van der Waals surface area contributed by atoms with Crippen molar-refractivity contribution in [2.24, 2.45) is 0 Å². The predicted octanol–water partition coefficient (Wildman–Crippen LogP) is 3.53. The van der Waals surface area contributed by atoms with E-state index in [1.165, 1.54) is 19.2 Å². The molecule has 0 fully saturated rings. The number of nitrogens with one attached hydrogen (secondary N) is 1. The molecular weight excluding hydrogens is 398 g/mol. The number of halogens is 5. The second-order valence-corrected chi connectivity index (χ2v) is 5.95. The lowest BCUT2D eigenvalue weighted by molar-refractivity contribution is -0.137. The van der Waals surface area contributed by atoms with E-state index in [9.17, 15) is 18.0 Å². The van der Waals surface area contributed by atoms with Gasteiger partial charge < -0.3 is 15.2 Å². The molecule has 2 aromatic rings. The van der Waals surface area contributed by atoms with Crippen molar-refractivity contribution in [1.82, 2.24) is 9.78 Å². The van der Waals surface area contributed by atoms with E-state index in [1.807, 2.05) is 0 Å². The van der Waals surface area contributed by atoms with E-state index in [4.69, 9.17) is 33.0 Å². The summed E-state index contributed by atoms with van der Waals surface area (Å²) in [5.74, 6) is -0.405. The number of anilines is 1. The Morgan fingerprint density at radius 3 is 2.54 bits per heavy atom. The van der Waals surface area contributed by atoms with Crippen LogP contribution in [0.4, 0.5) is 19.0 Å². The van der Waals surface area contributed by atoms with Crippen molar-refractivity contribution in [3.05, 3.63) is 40.0 Å². The van der Waals surface area contributed by atoms with Gasteiger partial charge in [0.05, 0.1) is 35.0 Å². The standard InChI is InChI=1S/C15H14Cl2F3N3O3/c1-8(26-5-4-24)14(25)22-12-2-3-21-23(12)13-10(16)6-9(7-11(13)17)15(18,19)20/h2-3,6-8,24H,4-5H2,1H3,(H,22,25). The van der Waals surface area contributed by atoms with Crippen molar-refractivity contribution in [3.63, 3.8) is 0 Å². The van der Waals surface area contributed by atoms with Crippen LogP contribution >= 0.6 is 23.2 Å². The summed E-state index contributed by atoms with van der Waals surface area (Å²) < 4.78 is 44.7. The van der Waals surface area contributed by atoms with Crippen LogP contribution in [0.25, 0.3) is 5.69 Å². The molecule has 0 aliphatic heterocycles. The first-order chi connectivity index (χ1) is 12.1. The molecule has 2 rings (SSSR count). The number of alkyl halides is 3. The van der Waals surface area contributed by atoms with Crippen LogP contribution in [-0.4, -0.2) is 40.1 Å². The minimum Gasteiger partial charge on any atom is -0.394 e. The molecule has 1 amide bonds. The number of hydrogen-bond acceptors (Lipinski definition) is 4. The third-order valence-corrected chi connectivity index (χ3v) is 3.85. The predicted molar refractivity (Wildman–Crippen MR) is 89.7 cm³/mol. The summed E-state index contributed by atoms with van der Waals surface area (Å²) in [4.78, 5) is 12.1. The molecule has 1 aromatic carbocycles. The summed E-state index contributed by atoms with van der Waals surface area (Å²) in [6.45, 7) is 1.21. The average molecular weight is 412 g/mol. The van der Waals surface area contributed by atoms with Crippen molar-refractivity contribution >= 4 is 34.9 Å². The van der Waals surface area contributed by atoms with Gasteiger partial charge in [-0.3, -0.25) is 4.79 Å². The van der Waals surface area contributed by atoms with Gasteiger partial charge in [-0.1, -0.05) is 23.2 Å². The highest BCUT2D eigenvalue weighted by molar-refractivity contribution is 6.38. The van der Waals surface area contributed by atoms with Gasteiger partial charge in [0.15, 0.2) is 0 Å². The number of ether oxygens (including phenoxy) is 1. The Labute approximate surface area is 156 Å². The van der Waals surface area contributed by atoms with E-state index < -0.39 is 23.8 Å². The number of aliphatic hydroxyl groups excluding tert-OH is 1. The van der Waals surface area contributed by atoms with E-state index in [1.54, 1.807) is 0 Å². The second-order valence-electron chi connectivity index (χ2n) is 5.14. The van der Waals surface area contributed by atoms with Crippen LogP contribution in [0.3, 0.4) is 0 Å². The molecule has 1 atom stereocenters. The zero-order valence-corrected chi connectivity index (χ0v) is 14.9. The monoisotopic (exact) mass is 411 g/mol. The maximum Gasteiger partial charge on any atom is 0.416 e. The SMILES string of the molecule is CC(OCCO)C(=O)Nc1ccnn1-c1c(Cl)cc(C(F)(F)F)cc1Cl. The summed E-state index contributed by atoms with van der Waals surface area (Å²) in [5, 5.41) is 14.6.